The number of benzene rings is 1. The Morgan fingerprint density at radius 1 is 1.32 bits per heavy atom. The Hall–Kier alpha value is -1.53. The molecule has 22 heavy (non-hydrogen) atoms. The molecule has 3 heterocycles. The fraction of sp³-hybridized carbons (Fsp3) is 0.500. The van der Waals surface area contributed by atoms with Crippen LogP contribution in [0.3, 0.4) is 0 Å². The van der Waals surface area contributed by atoms with Crippen molar-refractivity contribution in [2.24, 2.45) is 0 Å². The first kappa shape index (κ1) is 14.1. The molecule has 0 saturated carbocycles. The summed E-state index contributed by atoms with van der Waals surface area (Å²) in [5.74, 6) is 3.91. The number of fused-ring (bicyclic) bond motifs is 3. The van der Waals surface area contributed by atoms with Crippen molar-refractivity contribution in [2.45, 2.75) is 31.8 Å². The lowest BCUT2D eigenvalue weighted by Gasteiger charge is -2.42. The van der Waals surface area contributed by atoms with Gasteiger partial charge in [0, 0.05) is 46.5 Å². The van der Waals surface area contributed by atoms with Crippen molar-refractivity contribution in [3.05, 3.63) is 23.9 Å². The van der Waals surface area contributed by atoms with Crippen molar-refractivity contribution >= 4 is 32.2 Å². The molecule has 3 unspecified atom stereocenters. The van der Waals surface area contributed by atoms with Gasteiger partial charge >= 0.3 is 0 Å². The summed E-state index contributed by atoms with van der Waals surface area (Å²) in [6, 6.07) is 5.06. The molecular formula is C16H22N4OS. The van der Waals surface area contributed by atoms with Crippen molar-refractivity contribution in [1.82, 2.24) is 14.5 Å². The minimum atomic E-state index is -2.12. The fourth-order valence-electron chi connectivity index (χ4n) is 4.13. The Morgan fingerprint density at radius 2 is 2.00 bits per heavy atom. The molecule has 1 aromatic carbocycles. The van der Waals surface area contributed by atoms with E-state index in [0.717, 1.165) is 36.8 Å². The van der Waals surface area contributed by atoms with Crippen molar-refractivity contribution < 1.29 is 4.21 Å². The van der Waals surface area contributed by atoms with Crippen LogP contribution in [0, 0.1) is 6.92 Å². The summed E-state index contributed by atoms with van der Waals surface area (Å²) < 4.78 is 14.6. The molecule has 2 saturated heterocycles. The summed E-state index contributed by atoms with van der Waals surface area (Å²) in [6.07, 6.45) is 5.87. The van der Waals surface area contributed by atoms with Gasteiger partial charge in [0.05, 0.1) is 17.4 Å². The summed E-state index contributed by atoms with van der Waals surface area (Å²) >= 11 is 0. The van der Waals surface area contributed by atoms with E-state index < -0.39 is 9.71 Å². The van der Waals surface area contributed by atoms with Crippen LogP contribution in [0.2, 0.25) is 0 Å². The second-order valence-corrected chi connectivity index (χ2v) is 9.07. The third kappa shape index (κ3) is 2.13. The number of nitrogens with one attached hydrogen (secondary N) is 1. The average Bonchev–Trinajstić information content (AvgIpc) is 3.00. The number of anilines is 1. The van der Waals surface area contributed by atoms with Gasteiger partial charge in [-0.25, -0.2) is 4.31 Å². The number of hydrogen-bond acceptors (Lipinski definition) is 3. The molecule has 2 aromatic rings. The molecule has 2 bridgehead atoms. The number of H-pyrrole nitrogens is 1. The number of aromatic nitrogens is 2. The van der Waals surface area contributed by atoms with Gasteiger partial charge in [0.25, 0.3) is 0 Å². The Labute approximate surface area is 131 Å². The van der Waals surface area contributed by atoms with Gasteiger partial charge in [0.1, 0.15) is 0 Å². The lowest BCUT2D eigenvalue weighted by atomic mass is 10.1. The van der Waals surface area contributed by atoms with Crippen LogP contribution in [0.1, 0.15) is 18.4 Å². The Kier molecular flexibility index (Phi) is 3.03. The normalized spacial score (nSPS) is 28.2. The lowest BCUT2D eigenvalue weighted by Crippen LogP contribution is -2.55. The third-order valence-electron chi connectivity index (χ3n) is 4.87. The maximum Gasteiger partial charge on any atom is 0.0883 e. The Morgan fingerprint density at radius 3 is 2.64 bits per heavy atom. The molecule has 5 nitrogen and oxygen atoms in total. The van der Waals surface area contributed by atoms with Crippen LogP contribution >= 0.6 is 0 Å². The van der Waals surface area contributed by atoms with Crippen LogP contribution in [0.25, 0.3) is 10.9 Å². The monoisotopic (exact) mass is 318 g/mol. The van der Waals surface area contributed by atoms with Gasteiger partial charge in [-0.3, -0.25) is 9.31 Å². The largest absolute Gasteiger partial charge is 0.367 e. The molecule has 6 heteroatoms. The Bertz CT molecular complexity index is 812. The third-order valence-corrected chi connectivity index (χ3v) is 6.36. The maximum atomic E-state index is 12.5. The highest BCUT2D eigenvalue weighted by molar-refractivity contribution is 7.97. The molecule has 3 atom stereocenters. The fourth-order valence-corrected chi connectivity index (χ4v) is 5.73. The number of rotatable bonds is 2. The van der Waals surface area contributed by atoms with Crippen LogP contribution in [0.4, 0.5) is 5.69 Å². The second kappa shape index (κ2) is 4.73. The molecule has 1 N–H and O–H groups in total. The van der Waals surface area contributed by atoms with Crippen molar-refractivity contribution in [1.29, 1.82) is 0 Å². The van der Waals surface area contributed by atoms with E-state index in [1.807, 2.05) is 6.20 Å². The zero-order valence-electron chi connectivity index (χ0n) is 13.1. The molecule has 118 valence electrons. The molecule has 2 aliphatic rings. The molecule has 0 spiro atoms. The van der Waals surface area contributed by atoms with E-state index in [2.05, 4.69) is 44.3 Å². The summed E-state index contributed by atoms with van der Waals surface area (Å²) in [4.78, 5) is 2.43. The molecule has 1 aromatic heterocycles. The van der Waals surface area contributed by atoms with Gasteiger partial charge in [-0.2, -0.15) is 5.10 Å². The van der Waals surface area contributed by atoms with Gasteiger partial charge < -0.3 is 4.90 Å². The second-order valence-electron chi connectivity index (χ2n) is 6.73. The maximum absolute atomic E-state index is 12.5. The molecule has 2 aliphatic heterocycles. The number of nitrogens with zero attached hydrogens (tertiary/aromatic N) is 3. The first-order valence-corrected chi connectivity index (χ1v) is 9.82. The van der Waals surface area contributed by atoms with Crippen LogP contribution in [0.15, 0.2) is 18.3 Å². The zero-order valence-corrected chi connectivity index (χ0v) is 13.9. The quantitative estimate of drug-likeness (QED) is 0.859. The van der Waals surface area contributed by atoms with E-state index in [0.29, 0.717) is 12.1 Å². The summed E-state index contributed by atoms with van der Waals surface area (Å²) in [6.45, 7) is 3.94. The number of piperazine rings is 1. The van der Waals surface area contributed by atoms with Crippen molar-refractivity contribution in [2.75, 3.05) is 24.2 Å². The first-order chi connectivity index (χ1) is 10.4. The van der Waals surface area contributed by atoms with Crippen molar-refractivity contribution in [3.8, 4) is 0 Å². The SMILES string of the molecule is C=S(C)(=O)N1C2CCC1CN(c1cc(C)cc3cn[nH]c13)C2. The molecule has 4 rings (SSSR count). The van der Waals surface area contributed by atoms with E-state index in [-0.39, 0.29) is 0 Å². The van der Waals surface area contributed by atoms with Crippen molar-refractivity contribution in [3.63, 3.8) is 0 Å². The lowest BCUT2D eigenvalue weighted by molar-refractivity contribution is 0.302. The zero-order chi connectivity index (χ0) is 15.5. The molecule has 0 radical (unpaired) electrons. The van der Waals surface area contributed by atoms with Gasteiger partial charge in [-0.15, -0.1) is 0 Å². The predicted molar refractivity (Wildman–Crippen MR) is 92.9 cm³/mol. The number of aromatic amines is 1. The number of aryl methyl sites for hydroxylation is 1. The van der Waals surface area contributed by atoms with Crippen LogP contribution < -0.4 is 4.90 Å². The van der Waals surface area contributed by atoms with Crippen LogP contribution in [0.5, 0.6) is 0 Å². The molecule has 2 fully saturated rings. The molecule has 0 amide bonds. The van der Waals surface area contributed by atoms with Gasteiger partial charge in [0.2, 0.25) is 0 Å². The minimum absolute atomic E-state index is 0.340. The van der Waals surface area contributed by atoms with Gasteiger partial charge in [0.15, 0.2) is 0 Å². The standard InChI is InChI=1S/C16H22N4OS/c1-11-6-12-8-17-18-16(12)15(7-11)19-9-13-4-5-14(10-19)20(13)22(2,3)21/h6-8,13-14H,2,4-5,9-10H2,1,3H3,(H,17,18). The van der Waals surface area contributed by atoms with Crippen LogP contribution in [-0.4, -0.2) is 56.0 Å². The highest BCUT2D eigenvalue weighted by Crippen LogP contribution is 2.36. The van der Waals surface area contributed by atoms with Gasteiger partial charge in [-0.1, -0.05) is 0 Å². The van der Waals surface area contributed by atoms with E-state index in [4.69, 9.17) is 0 Å². The van der Waals surface area contributed by atoms with Gasteiger partial charge in [-0.05, 0) is 43.3 Å². The average molecular weight is 318 g/mol. The first-order valence-electron chi connectivity index (χ1n) is 7.73. The van der Waals surface area contributed by atoms with E-state index in [9.17, 15) is 4.21 Å². The smallest absolute Gasteiger partial charge is 0.0883 e. The molecular weight excluding hydrogens is 296 g/mol. The van der Waals surface area contributed by atoms with Crippen LogP contribution in [-0.2, 0) is 9.71 Å². The van der Waals surface area contributed by atoms with E-state index >= 15 is 0 Å². The summed E-state index contributed by atoms with van der Waals surface area (Å²) in [5, 5.41) is 8.47. The summed E-state index contributed by atoms with van der Waals surface area (Å²) in [5.41, 5.74) is 3.57. The highest BCUT2D eigenvalue weighted by atomic mass is 32.2. The number of hydrogen-bond donors (Lipinski definition) is 1. The van der Waals surface area contributed by atoms with E-state index in [1.54, 1.807) is 6.26 Å². The minimum Gasteiger partial charge on any atom is -0.367 e. The summed E-state index contributed by atoms with van der Waals surface area (Å²) in [7, 11) is -2.12. The predicted octanol–water partition coefficient (Wildman–Crippen LogP) is 1.79. The highest BCUT2D eigenvalue weighted by Gasteiger charge is 2.42. The topological polar surface area (TPSA) is 52.2 Å². The Balaban J connectivity index is 1.72. The van der Waals surface area contributed by atoms with E-state index in [1.165, 1.54) is 11.3 Å². The molecule has 0 aliphatic carbocycles.